The first-order valence-electron chi connectivity index (χ1n) is 9.61. The molecule has 1 saturated heterocycles. The number of hydrogen-bond acceptors (Lipinski definition) is 6. The lowest BCUT2D eigenvalue weighted by atomic mass is 10.2. The first kappa shape index (κ1) is 20.4. The molecule has 2 aromatic rings. The van der Waals surface area contributed by atoms with Crippen LogP contribution in [-0.2, 0) is 6.54 Å². The average molecular weight is 387 g/mol. The number of aliphatic hydroxyl groups is 1. The number of ether oxygens (including phenoxy) is 1. The molecule has 1 aromatic carbocycles. The number of aliphatic hydroxyl groups excluding tert-OH is 1. The fourth-order valence-electron chi connectivity index (χ4n) is 3.28. The molecule has 0 bridgehead atoms. The summed E-state index contributed by atoms with van der Waals surface area (Å²) in [6.45, 7) is 4.76. The molecular formula is C21H29N3O4. The van der Waals surface area contributed by atoms with E-state index in [0.717, 1.165) is 25.4 Å². The molecule has 1 unspecified atom stereocenters. The number of hydrogen-bond donors (Lipinski definition) is 1. The second-order valence-corrected chi connectivity index (χ2v) is 7.42. The zero-order chi connectivity index (χ0) is 19.9. The van der Waals surface area contributed by atoms with Gasteiger partial charge < -0.3 is 24.1 Å². The second-order valence-electron chi connectivity index (χ2n) is 7.42. The highest BCUT2D eigenvalue weighted by molar-refractivity contribution is 5.91. The zero-order valence-electron chi connectivity index (χ0n) is 16.6. The first-order chi connectivity index (χ1) is 13.5. The minimum Gasteiger partial charge on any atom is -0.491 e. The Labute approximate surface area is 166 Å². The summed E-state index contributed by atoms with van der Waals surface area (Å²) in [5.74, 6) is 1.12. The zero-order valence-corrected chi connectivity index (χ0v) is 16.6. The Kier molecular flexibility index (Phi) is 7.08. The molecule has 7 heteroatoms. The van der Waals surface area contributed by atoms with E-state index in [1.165, 1.54) is 11.8 Å². The van der Waals surface area contributed by atoms with E-state index in [1.54, 1.807) is 12.1 Å². The molecule has 0 saturated carbocycles. The van der Waals surface area contributed by atoms with Crippen molar-refractivity contribution in [1.82, 2.24) is 14.7 Å². The van der Waals surface area contributed by atoms with Crippen LogP contribution in [0.3, 0.4) is 0 Å². The molecule has 0 spiro atoms. The van der Waals surface area contributed by atoms with Gasteiger partial charge in [0.2, 0.25) is 0 Å². The minimum atomic E-state index is -0.505. The van der Waals surface area contributed by atoms with Crippen LogP contribution in [0.25, 0.3) is 0 Å². The number of nitrogens with zero attached hydrogens (tertiary/aromatic N) is 3. The van der Waals surface area contributed by atoms with Crippen LogP contribution in [0.4, 0.5) is 0 Å². The van der Waals surface area contributed by atoms with E-state index in [2.05, 4.69) is 4.90 Å². The van der Waals surface area contributed by atoms with Crippen molar-refractivity contribution < 1.29 is 19.1 Å². The molecule has 1 amide bonds. The van der Waals surface area contributed by atoms with Crippen LogP contribution < -0.4 is 4.74 Å². The Morgan fingerprint density at radius 3 is 2.50 bits per heavy atom. The van der Waals surface area contributed by atoms with Gasteiger partial charge >= 0.3 is 0 Å². The Bertz CT molecular complexity index is 723. The van der Waals surface area contributed by atoms with Crippen molar-refractivity contribution in [2.45, 2.75) is 12.6 Å². The lowest BCUT2D eigenvalue weighted by Gasteiger charge is -2.34. The van der Waals surface area contributed by atoms with Gasteiger partial charge in [-0.05, 0) is 43.9 Å². The Hall–Kier alpha value is -2.35. The van der Waals surface area contributed by atoms with Crippen molar-refractivity contribution in [1.29, 1.82) is 0 Å². The number of carbonyl (C=O) groups is 1. The maximum absolute atomic E-state index is 12.3. The smallest absolute Gasteiger partial charge is 0.289 e. The Morgan fingerprint density at radius 2 is 1.89 bits per heavy atom. The molecule has 152 valence electrons. The van der Waals surface area contributed by atoms with Crippen LogP contribution in [0.5, 0.6) is 5.75 Å². The third-order valence-corrected chi connectivity index (χ3v) is 4.74. The van der Waals surface area contributed by atoms with Gasteiger partial charge in [-0.15, -0.1) is 0 Å². The maximum Gasteiger partial charge on any atom is 0.289 e. The fraction of sp³-hybridized carbons (Fsp3) is 0.476. The van der Waals surface area contributed by atoms with E-state index >= 15 is 0 Å². The van der Waals surface area contributed by atoms with E-state index in [-0.39, 0.29) is 12.5 Å². The number of amides is 1. The fourth-order valence-corrected chi connectivity index (χ4v) is 3.28. The van der Waals surface area contributed by atoms with Crippen LogP contribution in [-0.4, -0.2) is 85.2 Å². The third kappa shape index (κ3) is 5.82. The summed E-state index contributed by atoms with van der Waals surface area (Å²) in [4.78, 5) is 18.4. The molecular weight excluding hydrogens is 358 g/mol. The highest BCUT2D eigenvalue weighted by Gasteiger charge is 2.23. The SMILES string of the molecule is CN(C)CC(O)COc1ccc(CN2CCN(C(=O)c3ccco3)CC2)cc1. The van der Waals surface area contributed by atoms with Crippen molar-refractivity contribution in [3.8, 4) is 5.75 Å². The lowest BCUT2D eigenvalue weighted by Crippen LogP contribution is -2.48. The predicted octanol–water partition coefficient (Wildman–Crippen LogP) is 1.54. The summed E-state index contributed by atoms with van der Waals surface area (Å²) in [5, 5.41) is 9.87. The maximum atomic E-state index is 12.3. The summed E-state index contributed by atoms with van der Waals surface area (Å²) in [5.41, 5.74) is 1.20. The molecule has 28 heavy (non-hydrogen) atoms. The van der Waals surface area contributed by atoms with Crippen molar-refractivity contribution >= 4 is 5.91 Å². The standard InChI is InChI=1S/C21H29N3O4/c1-22(2)15-18(25)16-28-19-7-5-17(6-8-19)14-23-9-11-24(12-10-23)21(26)20-4-3-13-27-20/h3-8,13,18,25H,9-12,14-16H2,1-2H3. The van der Waals surface area contributed by atoms with Gasteiger partial charge in [0.25, 0.3) is 5.91 Å². The van der Waals surface area contributed by atoms with Gasteiger partial charge in [-0.25, -0.2) is 0 Å². The van der Waals surface area contributed by atoms with E-state index in [0.29, 0.717) is 25.4 Å². The molecule has 1 aliphatic rings. The molecule has 0 aliphatic carbocycles. The van der Waals surface area contributed by atoms with Gasteiger partial charge in [-0.2, -0.15) is 0 Å². The van der Waals surface area contributed by atoms with Gasteiger partial charge in [0.05, 0.1) is 6.26 Å². The number of furan rings is 1. The lowest BCUT2D eigenvalue weighted by molar-refractivity contribution is 0.0598. The van der Waals surface area contributed by atoms with E-state index in [9.17, 15) is 9.90 Å². The number of rotatable bonds is 8. The topological polar surface area (TPSA) is 69.4 Å². The third-order valence-electron chi connectivity index (χ3n) is 4.74. The summed E-state index contributed by atoms with van der Waals surface area (Å²) in [6.07, 6.45) is 1.02. The number of benzene rings is 1. The quantitative estimate of drug-likeness (QED) is 0.741. The summed E-state index contributed by atoms with van der Waals surface area (Å²) < 4.78 is 10.8. The molecule has 3 rings (SSSR count). The number of likely N-dealkylation sites (N-methyl/N-ethyl adjacent to an activating group) is 1. The largest absolute Gasteiger partial charge is 0.491 e. The van der Waals surface area contributed by atoms with Gasteiger partial charge in [0, 0.05) is 39.3 Å². The highest BCUT2D eigenvalue weighted by atomic mass is 16.5. The summed E-state index contributed by atoms with van der Waals surface area (Å²) in [7, 11) is 3.84. The van der Waals surface area contributed by atoms with Gasteiger partial charge in [0.15, 0.2) is 5.76 Å². The predicted molar refractivity (Wildman–Crippen MR) is 106 cm³/mol. The van der Waals surface area contributed by atoms with Gasteiger partial charge in [0.1, 0.15) is 18.5 Å². The van der Waals surface area contributed by atoms with Gasteiger partial charge in [-0.1, -0.05) is 12.1 Å². The van der Waals surface area contributed by atoms with Gasteiger partial charge in [-0.3, -0.25) is 9.69 Å². The molecule has 1 N–H and O–H groups in total. The van der Waals surface area contributed by atoms with Crippen LogP contribution in [0.2, 0.25) is 0 Å². The molecule has 7 nitrogen and oxygen atoms in total. The Morgan fingerprint density at radius 1 is 1.18 bits per heavy atom. The monoisotopic (exact) mass is 387 g/mol. The van der Waals surface area contributed by atoms with Crippen molar-refractivity contribution in [3.05, 3.63) is 54.0 Å². The van der Waals surface area contributed by atoms with Crippen LogP contribution >= 0.6 is 0 Å². The molecule has 2 heterocycles. The number of piperazine rings is 1. The van der Waals surface area contributed by atoms with E-state index in [4.69, 9.17) is 9.15 Å². The number of carbonyl (C=O) groups excluding carboxylic acids is 1. The van der Waals surface area contributed by atoms with Crippen molar-refractivity contribution in [3.63, 3.8) is 0 Å². The summed E-state index contributed by atoms with van der Waals surface area (Å²) >= 11 is 0. The van der Waals surface area contributed by atoms with E-state index < -0.39 is 6.10 Å². The molecule has 1 fully saturated rings. The summed E-state index contributed by atoms with van der Waals surface area (Å²) in [6, 6.07) is 11.4. The second kappa shape index (κ2) is 9.73. The minimum absolute atomic E-state index is 0.0393. The van der Waals surface area contributed by atoms with Crippen molar-refractivity contribution in [2.24, 2.45) is 0 Å². The molecule has 1 atom stereocenters. The normalized spacial score (nSPS) is 16.4. The first-order valence-corrected chi connectivity index (χ1v) is 9.61. The van der Waals surface area contributed by atoms with Crippen molar-refractivity contribution in [2.75, 3.05) is 53.4 Å². The van der Waals surface area contributed by atoms with Crippen LogP contribution in [0.15, 0.2) is 47.1 Å². The molecule has 1 aromatic heterocycles. The van der Waals surface area contributed by atoms with Crippen LogP contribution in [0.1, 0.15) is 16.1 Å². The van der Waals surface area contributed by atoms with Crippen LogP contribution in [0, 0.1) is 0 Å². The Balaban J connectivity index is 1.42. The average Bonchev–Trinajstić information content (AvgIpc) is 3.22. The molecule has 0 radical (unpaired) electrons. The highest BCUT2D eigenvalue weighted by Crippen LogP contribution is 2.16. The molecule has 1 aliphatic heterocycles. The van der Waals surface area contributed by atoms with E-state index in [1.807, 2.05) is 48.2 Å².